The SMILES string of the molecule is N#Cc1ccc(-c2ccc3c(c2)CN(C2CCN(C4CCCC4)CC2)C3=O)cc1. The van der Waals surface area contributed by atoms with Crippen LogP contribution >= 0.6 is 0 Å². The van der Waals surface area contributed by atoms with Crippen molar-refractivity contribution in [3.05, 3.63) is 59.2 Å². The number of carbonyl (C=O) groups is 1. The second-order valence-electron chi connectivity index (χ2n) is 8.70. The Morgan fingerprint density at radius 1 is 0.862 bits per heavy atom. The molecular weight excluding hydrogens is 358 g/mol. The monoisotopic (exact) mass is 385 g/mol. The number of hydrogen-bond donors (Lipinski definition) is 0. The summed E-state index contributed by atoms with van der Waals surface area (Å²) in [5.74, 6) is 0.200. The summed E-state index contributed by atoms with van der Waals surface area (Å²) in [6.45, 7) is 2.99. The molecule has 0 spiro atoms. The molecular formula is C25H27N3O. The van der Waals surface area contributed by atoms with Gasteiger partial charge < -0.3 is 9.80 Å². The van der Waals surface area contributed by atoms with Gasteiger partial charge in [0, 0.05) is 37.3 Å². The van der Waals surface area contributed by atoms with Gasteiger partial charge in [-0.1, -0.05) is 31.0 Å². The van der Waals surface area contributed by atoms with E-state index >= 15 is 0 Å². The van der Waals surface area contributed by atoms with Crippen LogP contribution in [0.5, 0.6) is 0 Å². The van der Waals surface area contributed by atoms with Gasteiger partial charge in [-0.3, -0.25) is 4.79 Å². The minimum atomic E-state index is 0.200. The van der Waals surface area contributed by atoms with Crippen LogP contribution in [0.25, 0.3) is 11.1 Å². The lowest BCUT2D eigenvalue weighted by Crippen LogP contribution is -2.47. The average Bonchev–Trinajstić information content (AvgIpc) is 3.42. The molecule has 1 amide bonds. The van der Waals surface area contributed by atoms with Gasteiger partial charge in [0.25, 0.3) is 5.91 Å². The normalized spacial score (nSPS) is 20.8. The minimum absolute atomic E-state index is 0.200. The van der Waals surface area contributed by atoms with E-state index in [1.807, 2.05) is 36.4 Å². The summed E-state index contributed by atoms with van der Waals surface area (Å²) in [5.41, 5.74) is 4.86. The fraction of sp³-hybridized carbons (Fsp3) is 0.440. The molecule has 5 rings (SSSR count). The molecule has 0 aromatic heterocycles. The van der Waals surface area contributed by atoms with Crippen molar-refractivity contribution in [3.63, 3.8) is 0 Å². The molecule has 0 bridgehead atoms. The van der Waals surface area contributed by atoms with E-state index in [1.165, 1.54) is 25.7 Å². The van der Waals surface area contributed by atoms with E-state index in [4.69, 9.17) is 5.26 Å². The number of benzene rings is 2. The maximum absolute atomic E-state index is 13.0. The highest BCUT2D eigenvalue weighted by Gasteiger charge is 2.36. The van der Waals surface area contributed by atoms with E-state index in [9.17, 15) is 4.79 Å². The standard InChI is InChI=1S/C25H27N3O/c26-16-18-5-7-19(8-6-18)20-9-10-24-21(15-20)17-28(25(24)29)23-11-13-27(14-12-23)22-3-1-2-4-22/h5-10,15,22-23H,1-4,11-14,17H2. The Morgan fingerprint density at radius 3 is 2.24 bits per heavy atom. The summed E-state index contributed by atoms with van der Waals surface area (Å²) in [5, 5.41) is 8.99. The van der Waals surface area contributed by atoms with E-state index in [-0.39, 0.29) is 5.91 Å². The second-order valence-corrected chi connectivity index (χ2v) is 8.70. The molecule has 3 aliphatic rings. The van der Waals surface area contributed by atoms with Crippen molar-refractivity contribution >= 4 is 5.91 Å². The second kappa shape index (κ2) is 7.65. The predicted molar refractivity (Wildman–Crippen MR) is 113 cm³/mol. The van der Waals surface area contributed by atoms with E-state index in [1.54, 1.807) is 0 Å². The molecule has 2 fully saturated rings. The molecule has 0 radical (unpaired) electrons. The molecule has 2 heterocycles. The lowest BCUT2D eigenvalue weighted by Gasteiger charge is -2.39. The van der Waals surface area contributed by atoms with Crippen molar-refractivity contribution in [2.75, 3.05) is 13.1 Å². The number of nitrogens with zero attached hydrogens (tertiary/aromatic N) is 3. The molecule has 1 aliphatic carbocycles. The van der Waals surface area contributed by atoms with Crippen LogP contribution in [0.4, 0.5) is 0 Å². The molecule has 0 atom stereocenters. The maximum atomic E-state index is 13.0. The largest absolute Gasteiger partial charge is 0.331 e. The lowest BCUT2D eigenvalue weighted by molar-refractivity contribution is 0.0548. The van der Waals surface area contributed by atoms with Gasteiger partial charge in [0.1, 0.15) is 0 Å². The number of amides is 1. The van der Waals surface area contributed by atoms with Crippen LogP contribution in [0.2, 0.25) is 0 Å². The number of rotatable bonds is 3. The third kappa shape index (κ3) is 3.45. The van der Waals surface area contributed by atoms with Gasteiger partial charge in [0.15, 0.2) is 0 Å². The summed E-state index contributed by atoms with van der Waals surface area (Å²) >= 11 is 0. The van der Waals surface area contributed by atoms with Gasteiger partial charge in [-0.05, 0) is 66.6 Å². The summed E-state index contributed by atoms with van der Waals surface area (Å²) < 4.78 is 0. The lowest BCUT2D eigenvalue weighted by atomic mass is 10.00. The summed E-state index contributed by atoms with van der Waals surface area (Å²) in [7, 11) is 0. The summed E-state index contributed by atoms with van der Waals surface area (Å²) in [4.78, 5) is 17.8. The highest BCUT2D eigenvalue weighted by molar-refractivity contribution is 5.99. The van der Waals surface area contributed by atoms with Crippen LogP contribution < -0.4 is 0 Å². The fourth-order valence-corrected chi connectivity index (χ4v) is 5.39. The fourth-order valence-electron chi connectivity index (χ4n) is 5.39. The molecule has 148 valence electrons. The smallest absolute Gasteiger partial charge is 0.254 e. The first-order chi connectivity index (χ1) is 14.2. The molecule has 1 saturated heterocycles. The topological polar surface area (TPSA) is 47.3 Å². The quantitative estimate of drug-likeness (QED) is 0.776. The maximum Gasteiger partial charge on any atom is 0.254 e. The molecule has 0 unspecified atom stereocenters. The number of carbonyl (C=O) groups excluding carboxylic acids is 1. The van der Waals surface area contributed by atoms with Crippen molar-refractivity contribution < 1.29 is 4.79 Å². The van der Waals surface area contributed by atoms with Gasteiger partial charge >= 0.3 is 0 Å². The Hall–Kier alpha value is -2.64. The van der Waals surface area contributed by atoms with Crippen LogP contribution in [0, 0.1) is 11.3 Å². The number of nitriles is 1. The van der Waals surface area contributed by atoms with Gasteiger partial charge in [-0.15, -0.1) is 0 Å². The zero-order chi connectivity index (χ0) is 19.8. The van der Waals surface area contributed by atoms with Crippen molar-refractivity contribution in [1.29, 1.82) is 5.26 Å². The summed E-state index contributed by atoms with van der Waals surface area (Å²) in [6, 6.07) is 17.1. The number of hydrogen-bond acceptors (Lipinski definition) is 3. The van der Waals surface area contributed by atoms with Crippen LogP contribution in [-0.4, -0.2) is 40.9 Å². The van der Waals surface area contributed by atoms with Crippen molar-refractivity contribution in [3.8, 4) is 17.2 Å². The Kier molecular flexibility index (Phi) is 4.85. The zero-order valence-electron chi connectivity index (χ0n) is 16.8. The zero-order valence-corrected chi connectivity index (χ0v) is 16.8. The highest BCUT2D eigenvalue weighted by Crippen LogP contribution is 2.33. The first-order valence-corrected chi connectivity index (χ1v) is 10.9. The van der Waals surface area contributed by atoms with Crippen molar-refractivity contribution in [1.82, 2.24) is 9.80 Å². The molecule has 2 aromatic carbocycles. The summed E-state index contributed by atoms with van der Waals surface area (Å²) in [6.07, 6.45) is 7.67. The van der Waals surface area contributed by atoms with Gasteiger partial charge in [-0.25, -0.2) is 0 Å². The third-order valence-corrected chi connectivity index (χ3v) is 7.07. The van der Waals surface area contributed by atoms with Crippen LogP contribution in [0.1, 0.15) is 60.0 Å². The predicted octanol–water partition coefficient (Wildman–Crippen LogP) is 4.59. The molecule has 4 heteroatoms. The Labute approximate surface area is 172 Å². The van der Waals surface area contributed by atoms with E-state index in [2.05, 4.69) is 21.9 Å². The third-order valence-electron chi connectivity index (χ3n) is 7.07. The molecule has 1 saturated carbocycles. The van der Waals surface area contributed by atoms with E-state index in [0.717, 1.165) is 60.8 Å². The average molecular weight is 386 g/mol. The first kappa shape index (κ1) is 18.4. The number of likely N-dealkylation sites (tertiary alicyclic amines) is 1. The van der Waals surface area contributed by atoms with Gasteiger partial charge in [-0.2, -0.15) is 5.26 Å². The Bertz CT molecular complexity index is 945. The van der Waals surface area contributed by atoms with Crippen molar-refractivity contribution in [2.24, 2.45) is 0 Å². The van der Waals surface area contributed by atoms with Crippen LogP contribution in [0.15, 0.2) is 42.5 Å². The van der Waals surface area contributed by atoms with E-state index < -0.39 is 0 Å². The molecule has 2 aromatic rings. The highest BCUT2D eigenvalue weighted by atomic mass is 16.2. The van der Waals surface area contributed by atoms with Gasteiger partial charge in [0.05, 0.1) is 11.6 Å². The number of piperidine rings is 1. The molecule has 2 aliphatic heterocycles. The number of fused-ring (bicyclic) bond motifs is 1. The Balaban J connectivity index is 1.29. The molecule has 0 N–H and O–H groups in total. The molecule has 4 nitrogen and oxygen atoms in total. The first-order valence-electron chi connectivity index (χ1n) is 10.9. The van der Waals surface area contributed by atoms with E-state index in [0.29, 0.717) is 11.6 Å². The van der Waals surface area contributed by atoms with Crippen LogP contribution in [0.3, 0.4) is 0 Å². The van der Waals surface area contributed by atoms with Crippen LogP contribution in [-0.2, 0) is 6.54 Å². The van der Waals surface area contributed by atoms with Crippen molar-refractivity contribution in [2.45, 2.75) is 57.2 Å². The molecule has 29 heavy (non-hydrogen) atoms. The Morgan fingerprint density at radius 2 is 1.55 bits per heavy atom. The minimum Gasteiger partial charge on any atom is -0.331 e. The van der Waals surface area contributed by atoms with Gasteiger partial charge in [0.2, 0.25) is 0 Å².